The van der Waals surface area contributed by atoms with Gasteiger partial charge in [-0.15, -0.1) is 0 Å². The fourth-order valence-corrected chi connectivity index (χ4v) is 2.92. The summed E-state index contributed by atoms with van der Waals surface area (Å²) in [5.41, 5.74) is 5.43. The Balaban J connectivity index is 2.10. The summed E-state index contributed by atoms with van der Waals surface area (Å²) in [7, 11) is 0. The van der Waals surface area contributed by atoms with Gasteiger partial charge in [-0.25, -0.2) is 4.68 Å². The minimum Gasteiger partial charge on any atom is -0.364 e. The second-order valence-corrected chi connectivity index (χ2v) is 5.60. The van der Waals surface area contributed by atoms with Crippen LogP contribution in [0.2, 0.25) is 5.02 Å². The molecule has 0 saturated heterocycles. The van der Waals surface area contributed by atoms with Crippen molar-refractivity contribution >= 4 is 23.3 Å². The lowest BCUT2D eigenvalue weighted by atomic mass is 9.97. The van der Waals surface area contributed by atoms with Crippen molar-refractivity contribution in [2.24, 2.45) is 5.73 Å². The predicted octanol–water partition coefficient (Wildman–Crippen LogP) is 3.30. The zero-order valence-corrected chi connectivity index (χ0v) is 12.4. The molecule has 0 fully saturated rings. The van der Waals surface area contributed by atoms with E-state index in [0.717, 1.165) is 0 Å². The fourth-order valence-electron chi connectivity index (χ4n) is 2.65. The van der Waals surface area contributed by atoms with E-state index in [-0.39, 0.29) is 23.0 Å². The van der Waals surface area contributed by atoms with Crippen molar-refractivity contribution in [1.29, 1.82) is 0 Å². The lowest BCUT2D eigenvalue weighted by Crippen LogP contribution is -2.35. The summed E-state index contributed by atoms with van der Waals surface area (Å²) >= 11 is 5.99. The van der Waals surface area contributed by atoms with Crippen molar-refractivity contribution in [2.75, 3.05) is 5.32 Å². The minimum atomic E-state index is -4.53. The lowest BCUT2D eigenvalue weighted by Gasteiger charge is -2.33. The number of hydrogen-bond acceptors (Lipinski definition) is 3. The van der Waals surface area contributed by atoms with Gasteiger partial charge in [0.2, 0.25) is 0 Å². The van der Waals surface area contributed by atoms with Crippen molar-refractivity contribution in [2.45, 2.75) is 24.7 Å². The van der Waals surface area contributed by atoms with E-state index in [1.807, 2.05) is 0 Å². The van der Waals surface area contributed by atoms with Gasteiger partial charge in [0, 0.05) is 6.42 Å². The van der Waals surface area contributed by atoms with Crippen LogP contribution in [0.15, 0.2) is 30.3 Å². The summed E-state index contributed by atoms with van der Waals surface area (Å²) in [6.07, 6.45) is -4.80. The number of anilines is 1. The normalized spacial score (nSPS) is 20.7. The number of amides is 1. The number of alkyl halides is 3. The summed E-state index contributed by atoms with van der Waals surface area (Å²) in [6.45, 7) is 0. The van der Waals surface area contributed by atoms with Crippen LogP contribution in [0.4, 0.5) is 19.0 Å². The van der Waals surface area contributed by atoms with Gasteiger partial charge in [-0.1, -0.05) is 41.9 Å². The molecular weight excluding hydrogens is 333 g/mol. The van der Waals surface area contributed by atoms with E-state index in [1.54, 1.807) is 30.3 Å². The third-order valence-electron chi connectivity index (χ3n) is 3.73. The monoisotopic (exact) mass is 344 g/mol. The third-order valence-corrected chi connectivity index (χ3v) is 4.09. The van der Waals surface area contributed by atoms with Crippen molar-refractivity contribution in [3.63, 3.8) is 0 Å². The van der Waals surface area contributed by atoms with Crippen LogP contribution in [0.25, 0.3) is 0 Å². The van der Waals surface area contributed by atoms with E-state index in [4.69, 9.17) is 17.3 Å². The Bertz CT molecular complexity index is 744. The quantitative estimate of drug-likeness (QED) is 0.878. The number of rotatable bonds is 2. The highest BCUT2D eigenvalue weighted by atomic mass is 35.5. The number of nitrogens with one attached hydrogen (secondary N) is 1. The van der Waals surface area contributed by atoms with Crippen molar-refractivity contribution in [1.82, 2.24) is 9.78 Å². The van der Waals surface area contributed by atoms with Gasteiger partial charge in [0.25, 0.3) is 5.91 Å². The average molecular weight is 345 g/mol. The van der Waals surface area contributed by atoms with Crippen molar-refractivity contribution in [3.8, 4) is 0 Å². The molecule has 9 heteroatoms. The zero-order chi connectivity index (χ0) is 16.8. The molecule has 3 rings (SSSR count). The molecule has 0 bridgehead atoms. The Morgan fingerprint density at radius 3 is 2.57 bits per heavy atom. The molecule has 0 radical (unpaired) electrons. The number of primary amides is 1. The number of aromatic nitrogens is 2. The summed E-state index contributed by atoms with van der Waals surface area (Å²) in [5.74, 6) is -1.03. The molecule has 2 heterocycles. The van der Waals surface area contributed by atoms with E-state index in [0.29, 0.717) is 10.2 Å². The van der Waals surface area contributed by atoms with Crippen molar-refractivity contribution in [3.05, 3.63) is 46.6 Å². The van der Waals surface area contributed by atoms with Gasteiger partial charge in [-0.05, 0) is 5.56 Å². The fraction of sp³-hybridized carbons (Fsp3) is 0.286. The molecule has 0 spiro atoms. The van der Waals surface area contributed by atoms with Crippen LogP contribution < -0.4 is 11.1 Å². The number of hydrogen-bond donors (Lipinski definition) is 2. The Hall–Kier alpha value is -2.22. The van der Waals surface area contributed by atoms with E-state index in [1.165, 1.54) is 0 Å². The van der Waals surface area contributed by atoms with Gasteiger partial charge in [-0.2, -0.15) is 18.3 Å². The van der Waals surface area contributed by atoms with Gasteiger partial charge in [0.1, 0.15) is 10.8 Å². The number of nitrogens with zero attached hydrogens (tertiary/aromatic N) is 2. The minimum absolute atomic E-state index is 0.0529. The molecule has 0 saturated carbocycles. The topological polar surface area (TPSA) is 72.9 Å². The molecule has 5 nitrogen and oxygen atoms in total. The molecule has 1 amide bonds. The molecular formula is C14H12ClF3N4O. The maximum Gasteiger partial charge on any atom is 0.410 e. The van der Waals surface area contributed by atoms with E-state index < -0.39 is 24.2 Å². The summed E-state index contributed by atoms with van der Waals surface area (Å²) in [4.78, 5) is 11.3. The average Bonchev–Trinajstić information content (AvgIpc) is 2.84. The molecule has 1 aromatic heterocycles. The van der Waals surface area contributed by atoms with Gasteiger partial charge in [0.05, 0.1) is 6.04 Å². The van der Waals surface area contributed by atoms with Gasteiger partial charge >= 0.3 is 6.18 Å². The first-order valence-corrected chi connectivity index (χ1v) is 7.13. The van der Waals surface area contributed by atoms with Crippen LogP contribution in [0.5, 0.6) is 0 Å². The number of carbonyl (C=O) groups excluding carboxylic acids is 1. The van der Waals surface area contributed by atoms with E-state index >= 15 is 0 Å². The zero-order valence-electron chi connectivity index (χ0n) is 11.6. The molecule has 2 atom stereocenters. The number of benzene rings is 1. The molecule has 1 aliphatic heterocycles. The predicted molar refractivity (Wildman–Crippen MR) is 78.3 cm³/mol. The summed E-state index contributed by atoms with van der Waals surface area (Å²) in [5, 5.41) is 6.37. The largest absolute Gasteiger partial charge is 0.410 e. The Morgan fingerprint density at radius 1 is 1.35 bits per heavy atom. The number of halogens is 4. The highest BCUT2D eigenvalue weighted by Crippen LogP contribution is 2.46. The van der Waals surface area contributed by atoms with Crippen LogP contribution >= 0.6 is 11.6 Å². The molecule has 1 aliphatic rings. The van der Waals surface area contributed by atoms with Gasteiger partial charge in [-0.3, -0.25) is 4.79 Å². The molecule has 2 aromatic rings. The molecule has 0 aliphatic carbocycles. The molecule has 0 unspecified atom stereocenters. The Labute approximate surface area is 134 Å². The number of fused-ring (bicyclic) bond motifs is 1. The standard InChI is InChI=1S/C14H12ClF3N4O/c15-10-11(12(19)23)21-22-9(14(16,17)18)6-8(20-13(10)22)7-4-2-1-3-5-7/h1-5,8-9,20H,6H2,(H2,19,23)/t8-,9-/m0/s1. The van der Waals surface area contributed by atoms with E-state index in [9.17, 15) is 18.0 Å². The highest BCUT2D eigenvalue weighted by molar-refractivity contribution is 6.36. The SMILES string of the molecule is NC(=O)c1nn2c(c1Cl)N[C@H](c1ccccc1)C[C@H]2C(F)(F)F. The van der Waals surface area contributed by atoms with Crippen LogP contribution in [-0.4, -0.2) is 21.9 Å². The maximum absolute atomic E-state index is 13.4. The van der Waals surface area contributed by atoms with Crippen LogP contribution in [0.1, 0.15) is 34.6 Å². The summed E-state index contributed by atoms with van der Waals surface area (Å²) in [6, 6.07) is 6.19. The Morgan fingerprint density at radius 2 is 2.00 bits per heavy atom. The second kappa shape index (κ2) is 5.45. The second-order valence-electron chi connectivity index (χ2n) is 5.22. The highest BCUT2D eigenvalue weighted by Gasteiger charge is 2.47. The van der Waals surface area contributed by atoms with Crippen LogP contribution in [-0.2, 0) is 0 Å². The lowest BCUT2D eigenvalue weighted by molar-refractivity contribution is -0.173. The van der Waals surface area contributed by atoms with Gasteiger partial charge < -0.3 is 11.1 Å². The van der Waals surface area contributed by atoms with Gasteiger partial charge in [0.15, 0.2) is 11.7 Å². The number of nitrogens with two attached hydrogens (primary N) is 1. The first kappa shape index (κ1) is 15.7. The summed E-state index contributed by atoms with van der Waals surface area (Å²) < 4.78 is 40.9. The molecule has 23 heavy (non-hydrogen) atoms. The Kier molecular flexibility index (Phi) is 3.71. The van der Waals surface area contributed by atoms with Crippen LogP contribution in [0, 0.1) is 0 Å². The molecule has 3 N–H and O–H groups in total. The smallest absolute Gasteiger partial charge is 0.364 e. The van der Waals surface area contributed by atoms with Crippen LogP contribution in [0.3, 0.4) is 0 Å². The molecule has 122 valence electrons. The molecule has 1 aromatic carbocycles. The maximum atomic E-state index is 13.4. The first-order valence-electron chi connectivity index (χ1n) is 6.75. The van der Waals surface area contributed by atoms with Crippen molar-refractivity contribution < 1.29 is 18.0 Å². The van der Waals surface area contributed by atoms with E-state index in [2.05, 4.69) is 10.4 Å². The first-order chi connectivity index (χ1) is 10.8. The number of carbonyl (C=O) groups is 1. The third kappa shape index (κ3) is 2.74.